The second-order valence-corrected chi connectivity index (χ2v) is 13.2. The van der Waals surface area contributed by atoms with E-state index in [0.717, 1.165) is 0 Å². The van der Waals surface area contributed by atoms with Crippen molar-refractivity contribution in [2.75, 3.05) is 35.6 Å². The van der Waals surface area contributed by atoms with Crippen LogP contribution in [0.5, 0.6) is 0 Å². The minimum absolute atomic E-state index is 0.0861. The van der Waals surface area contributed by atoms with Crippen molar-refractivity contribution >= 4 is 62.5 Å². The number of nitrogens with one attached hydrogen (secondary N) is 2. The minimum atomic E-state index is -5.67. The maximum atomic E-state index is 12.0. The van der Waals surface area contributed by atoms with E-state index < -0.39 is 54.1 Å². The van der Waals surface area contributed by atoms with Crippen LogP contribution in [0.25, 0.3) is 0 Å². The van der Waals surface area contributed by atoms with Crippen LogP contribution in [0, 0.1) is 0 Å². The summed E-state index contributed by atoms with van der Waals surface area (Å²) in [5, 5.41) is 2.74. The fourth-order valence-electron chi connectivity index (χ4n) is 2.53. The fraction of sp³-hybridized carbons (Fsp3) is 0.636. The summed E-state index contributed by atoms with van der Waals surface area (Å²) < 4.78 is 57.4. The molecule has 0 bridgehead atoms. The van der Waals surface area contributed by atoms with Gasteiger partial charge in [-0.3, -0.25) is 14.3 Å². The van der Waals surface area contributed by atoms with Crippen LogP contribution in [-0.4, -0.2) is 66.8 Å². The standard InChI is InChI=1S/C11H22N5O13P3S2/c1-33-34-4-25-5-2-7(14-9-8(12)10(17)16-11(13)15-9)27-6(5)3-26-31(21,22)29-32(23,24)28-30(18,19)20/h5-7H,2-4,12H2,1H3,(H,21,22)(H,23,24)(H2,18,19,20)(H4,13,14,15,16,17)/t5?,6-,7-/m1/s1. The molecule has 196 valence electrons. The van der Waals surface area contributed by atoms with Crippen molar-refractivity contribution < 1.29 is 55.9 Å². The van der Waals surface area contributed by atoms with Crippen LogP contribution >= 0.6 is 45.1 Å². The van der Waals surface area contributed by atoms with Crippen LogP contribution in [0.3, 0.4) is 0 Å². The summed E-state index contributed by atoms with van der Waals surface area (Å²) in [6.45, 7) is -0.725. The quantitative estimate of drug-likeness (QED) is 0.0657. The summed E-state index contributed by atoms with van der Waals surface area (Å²) >= 11 is 0. The Morgan fingerprint density at radius 3 is 2.50 bits per heavy atom. The molecule has 0 saturated carbocycles. The van der Waals surface area contributed by atoms with E-state index in [1.165, 1.54) is 21.6 Å². The number of aromatic amines is 1. The zero-order chi connectivity index (χ0) is 25.7. The molecule has 1 aromatic heterocycles. The van der Waals surface area contributed by atoms with E-state index in [4.69, 9.17) is 30.7 Å². The van der Waals surface area contributed by atoms with Crippen LogP contribution in [0.1, 0.15) is 6.42 Å². The number of phosphoric acid groups is 3. The van der Waals surface area contributed by atoms with Crippen molar-refractivity contribution in [1.29, 1.82) is 0 Å². The number of hydrogen-bond acceptors (Lipinski definition) is 15. The highest BCUT2D eigenvalue weighted by molar-refractivity contribution is 8.76. The predicted octanol–water partition coefficient (Wildman–Crippen LogP) is 0.158. The van der Waals surface area contributed by atoms with Crippen LogP contribution < -0.4 is 22.3 Å². The van der Waals surface area contributed by atoms with Gasteiger partial charge in [0.2, 0.25) is 5.95 Å². The van der Waals surface area contributed by atoms with E-state index in [9.17, 15) is 28.3 Å². The molecule has 3 unspecified atom stereocenters. The van der Waals surface area contributed by atoms with Crippen LogP contribution in [0.2, 0.25) is 0 Å². The third-order valence-corrected chi connectivity index (χ3v) is 9.00. The van der Waals surface area contributed by atoms with Gasteiger partial charge in [0.05, 0.1) is 12.7 Å². The largest absolute Gasteiger partial charge is 0.490 e. The summed E-state index contributed by atoms with van der Waals surface area (Å²) in [6, 6.07) is 0. The maximum absolute atomic E-state index is 12.0. The Labute approximate surface area is 199 Å². The van der Waals surface area contributed by atoms with E-state index in [-0.39, 0.29) is 29.8 Å². The summed E-state index contributed by atoms with van der Waals surface area (Å²) in [7, 11) is -13.8. The molecule has 18 nitrogen and oxygen atoms in total. The SMILES string of the molecule is CSSCOC1C[C@H](Nc2nc(N)[nH]c(=O)c2N)O[C@@H]1COP(=O)(O)OP(=O)(O)OP(=O)(O)O. The van der Waals surface area contributed by atoms with Gasteiger partial charge in [-0.25, -0.2) is 13.7 Å². The lowest BCUT2D eigenvalue weighted by Crippen LogP contribution is -2.29. The average Bonchev–Trinajstić information content (AvgIpc) is 3.03. The molecule has 34 heavy (non-hydrogen) atoms. The second kappa shape index (κ2) is 12.0. The Balaban J connectivity index is 2.07. The van der Waals surface area contributed by atoms with E-state index in [0.29, 0.717) is 0 Å². The molecular formula is C11H22N5O13P3S2. The first-order chi connectivity index (χ1) is 15.6. The lowest BCUT2D eigenvalue weighted by Gasteiger charge is -2.21. The maximum Gasteiger partial charge on any atom is 0.490 e. The zero-order valence-corrected chi connectivity index (χ0v) is 21.4. The average molecular weight is 589 g/mol. The van der Waals surface area contributed by atoms with Gasteiger partial charge in [0, 0.05) is 6.42 Å². The van der Waals surface area contributed by atoms with E-state index in [1.54, 1.807) is 0 Å². The number of nitrogens with zero attached hydrogens (tertiary/aromatic N) is 1. The van der Waals surface area contributed by atoms with Crippen LogP contribution in [0.15, 0.2) is 4.79 Å². The number of nitrogen functional groups attached to an aromatic ring is 2. The van der Waals surface area contributed by atoms with Crippen molar-refractivity contribution in [3.8, 4) is 0 Å². The highest BCUT2D eigenvalue weighted by atomic mass is 33.1. The molecular weight excluding hydrogens is 567 g/mol. The molecule has 0 amide bonds. The van der Waals surface area contributed by atoms with Crippen molar-refractivity contribution in [3.63, 3.8) is 0 Å². The molecule has 0 aromatic carbocycles. The highest BCUT2D eigenvalue weighted by Gasteiger charge is 2.43. The number of hydrogen-bond donors (Lipinski definition) is 8. The molecule has 0 aliphatic carbocycles. The number of anilines is 3. The van der Waals surface area contributed by atoms with Gasteiger partial charge in [-0.1, -0.05) is 21.6 Å². The normalized spacial score (nSPS) is 24.4. The number of aromatic nitrogens is 2. The second-order valence-electron chi connectivity index (χ2n) is 6.25. The molecule has 1 aliphatic rings. The Bertz CT molecular complexity index is 1060. The van der Waals surface area contributed by atoms with E-state index >= 15 is 0 Å². The minimum Gasteiger partial charge on any atom is -0.391 e. The van der Waals surface area contributed by atoms with Gasteiger partial charge in [0.25, 0.3) is 5.56 Å². The van der Waals surface area contributed by atoms with Gasteiger partial charge in [0.1, 0.15) is 24.0 Å². The lowest BCUT2D eigenvalue weighted by molar-refractivity contribution is -0.0311. The Kier molecular flexibility index (Phi) is 10.5. The molecule has 10 N–H and O–H groups in total. The van der Waals surface area contributed by atoms with Crippen LogP contribution in [0.4, 0.5) is 17.5 Å². The number of ether oxygens (including phenoxy) is 2. The molecule has 5 atom stereocenters. The molecule has 23 heteroatoms. The molecule has 1 saturated heterocycles. The van der Waals surface area contributed by atoms with Crippen molar-refractivity contribution in [3.05, 3.63) is 10.4 Å². The smallest absolute Gasteiger partial charge is 0.391 e. The Morgan fingerprint density at radius 1 is 1.21 bits per heavy atom. The van der Waals surface area contributed by atoms with E-state index in [1.807, 2.05) is 6.26 Å². The fourth-order valence-corrected chi connectivity index (χ4v) is 6.34. The molecule has 1 fully saturated rings. The third kappa shape index (κ3) is 9.75. The number of rotatable bonds is 13. The summed E-state index contributed by atoms with van der Waals surface area (Å²) in [5.41, 5.74) is 10.2. The first-order valence-corrected chi connectivity index (χ1v) is 16.0. The van der Waals surface area contributed by atoms with Gasteiger partial charge in [-0.05, 0) is 6.26 Å². The first kappa shape index (κ1) is 29.5. The summed E-state index contributed by atoms with van der Waals surface area (Å²) in [6.07, 6.45) is -0.750. The summed E-state index contributed by atoms with van der Waals surface area (Å²) in [4.78, 5) is 53.8. The number of nitrogens with two attached hydrogens (primary N) is 2. The zero-order valence-electron chi connectivity index (χ0n) is 17.1. The van der Waals surface area contributed by atoms with Gasteiger partial charge < -0.3 is 45.8 Å². The Morgan fingerprint density at radius 2 is 1.88 bits per heavy atom. The van der Waals surface area contributed by atoms with E-state index in [2.05, 4.69) is 28.4 Å². The number of phosphoric ester groups is 1. The van der Waals surface area contributed by atoms with Crippen LogP contribution in [-0.2, 0) is 36.3 Å². The Hall–Kier alpha value is -0.690. The third-order valence-electron chi connectivity index (χ3n) is 3.74. The molecule has 2 rings (SSSR count). The highest BCUT2D eigenvalue weighted by Crippen LogP contribution is 2.66. The molecule has 0 radical (unpaired) electrons. The molecule has 1 aliphatic heterocycles. The monoisotopic (exact) mass is 589 g/mol. The molecule has 0 spiro atoms. The number of H-pyrrole nitrogens is 1. The lowest BCUT2D eigenvalue weighted by atomic mass is 10.2. The molecule has 1 aromatic rings. The topological polar surface area (TPSA) is 288 Å². The molecule has 2 heterocycles. The van der Waals surface area contributed by atoms with Gasteiger partial charge in [-0.2, -0.15) is 13.6 Å². The van der Waals surface area contributed by atoms with Crippen molar-refractivity contribution in [1.82, 2.24) is 9.97 Å². The van der Waals surface area contributed by atoms with Gasteiger partial charge in [-0.15, -0.1) is 0 Å². The first-order valence-electron chi connectivity index (χ1n) is 8.73. The predicted molar refractivity (Wildman–Crippen MR) is 121 cm³/mol. The van der Waals surface area contributed by atoms with Gasteiger partial charge in [0.15, 0.2) is 5.82 Å². The van der Waals surface area contributed by atoms with Crippen molar-refractivity contribution in [2.45, 2.75) is 24.9 Å². The summed E-state index contributed by atoms with van der Waals surface area (Å²) in [5.74, 6) is -0.114. The van der Waals surface area contributed by atoms with Crippen molar-refractivity contribution in [2.24, 2.45) is 0 Å². The van der Waals surface area contributed by atoms with Gasteiger partial charge >= 0.3 is 23.5 Å².